The van der Waals surface area contributed by atoms with Gasteiger partial charge in [0.15, 0.2) is 0 Å². The van der Waals surface area contributed by atoms with E-state index >= 15 is 0 Å². The van der Waals surface area contributed by atoms with Crippen LogP contribution in [-0.4, -0.2) is 72.7 Å². The SMILES string of the molecule is CCC(C)[Si](C)(C)CC[Si](C)(C)C.CCC(C)[Si](C)(CC[Si](C)(C)C)CC[Si](C)(C)C.CCC(C)[Si](CC[Si](C)(C)C)(CC[Si](C)(C)C)CC[Si](C)(C)C. The lowest BCUT2D eigenvalue weighted by molar-refractivity contribution is 0.809. The van der Waals surface area contributed by atoms with Crippen molar-refractivity contribution >= 4 is 72.7 Å². The Hall–Kier alpha value is 1.95. The Morgan fingerprint density at radius 1 is 0.259 bits per heavy atom. The first-order chi connectivity index (χ1) is 23.7. The normalized spacial score (nSPS) is 15.8. The monoisotopic (exact) mass is 907 g/mol. The molecule has 0 aliphatic rings. The Balaban J connectivity index is -0.000000752. The summed E-state index contributed by atoms with van der Waals surface area (Å²) in [5, 5.41) is 0. The lowest BCUT2D eigenvalue weighted by Crippen LogP contribution is -2.43. The maximum atomic E-state index is 2.71. The van der Waals surface area contributed by atoms with Crippen molar-refractivity contribution in [1.82, 2.24) is 0 Å². The molecule has 0 aromatic carbocycles. The van der Waals surface area contributed by atoms with E-state index in [1.54, 1.807) is 66.5 Å². The Bertz CT molecular complexity index is 887. The van der Waals surface area contributed by atoms with Crippen LogP contribution in [0.5, 0.6) is 0 Å². The van der Waals surface area contributed by atoms with Crippen molar-refractivity contribution in [2.75, 3.05) is 0 Å². The Morgan fingerprint density at radius 3 is 0.704 bits per heavy atom. The summed E-state index contributed by atoms with van der Waals surface area (Å²) >= 11 is 0. The minimum absolute atomic E-state index is 0.791. The van der Waals surface area contributed by atoms with Crippen LogP contribution in [0.25, 0.3) is 0 Å². The highest BCUT2D eigenvalue weighted by molar-refractivity contribution is 6.88. The van der Waals surface area contributed by atoms with Crippen LogP contribution < -0.4 is 0 Å². The Labute approximate surface area is 357 Å². The second-order valence-corrected chi connectivity index (χ2v) is 77.0. The van der Waals surface area contributed by atoms with Gasteiger partial charge in [0.25, 0.3) is 0 Å². The molecule has 3 unspecified atom stereocenters. The molecule has 0 radical (unpaired) electrons. The van der Waals surface area contributed by atoms with Gasteiger partial charge in [0.1, 0.15) is 0 Å². The average molecular weight is 908 g/mol. The van der Waals surface area contributed by atoms with Crippen molar-refractivity contribution in [3.05, 3.63) is 0 Å². The van der Waals surface area contributed by atoms with E-state index < -0.39 is 72.7 Å². The van der Waals surface area contributed by atoms with Gasteiger partial charge in [0, 0.05) is 56.5 Å². The van der Waals surface area contributed by atoms with E-state index in [4.69, 9.17) is 0 Å². The van der Waals surface area contributed by atoms with Gasteiger partial charge in [-0.05, 0) is 16.6 Å². The van der Waals surface area contributed by atoms with Crippen LogP contribution >= 0.6 is 0 Å². The smallest absolute Gasteiger partial charge is 0.0555 e. The molecule has 0 nitrogen and oxygen atoms in total. The number of hydrogen-bond acceptors (Lipinski definition) is 0. The van der Waals surface area contributed by atoms with Crippen LogP contribution in [-0.2, 0) is 0 Å². The molecular formula is C45H114Si9. The molecule has 9 heteroatoms. The van der Waals surface area contributed by atoms with Gasteiger partial charge in [-0.2, -0.15) is 0 Å². The van der Waals surface area contributed by atoms with Crippen LogP contribution in [0.3, 0.4) is 0 Å². The van der Waals surface area contributed by atoms with Crippen LogP contribution in [0, 0.1) is 0 Å². The summed E-state index contributed by atoms with van der Waals surface area (Å²) in [5.74, 6) is 0. The van der Waals surface area contributed by atoms with Crippen molar-refractivity contribution < 1.29 is 0 Å². The highest BCUT2D eigenvalue weighted by Crippen LogP contribution is 2.43. The van der Waals surface area contributed by atoms with Crippen molar-refractivity contribution in [2.24, 2.45) is 0 Å². The summed E-state index contributed by atoms with van der Waals surface area (Å²) in [5.41, 5.74) is 3.06. The van der Waals surface area contributed by atoms with E-state index in [-0.39, 0.29) is 0 Å². The fourth-order valence-corrected chi connectivity index (χ4v) is 45.4. The minimum Gasteiger partial charge on any atom is -0.0696 e. The lowest BCUT2D eigenvalue weighted by atomic mass is 10.4. The van der Waals surface area contributed by atoms with Gasteiger partial charge in [-0.15, -0.1) is 0 Å². The van der Waals surface area contributed by atoms with Crippen LogP contribution in [0.2, 0.25) is 227 Å². The van der Waals surface area contributed by atoms with E-state index in [1.165, 1.54) is 25.3 Å². The summed E-state index contributed by atoms with van der Waals surface area (Å²) in [6.07, 6.45) is 4.21. The van der Waals surface area contributed by atoms with Gasteiger partial charge in [0.2, 0.25) is 0 Å². The second kappa shape index (κ2) is 25.0. The molecule has 0 rings (SSSR count). The Kier molecular flexibility index (Phi) is 27.9. The largest absolute Gasteiger partial charge is 0.0696 e. The highest BCUT2D eigenvalue weighted by Gasteiger charge is 2.40. The lowest BCUT2D eigenvalue weighted by Gasteiger charge is -2.41. The zero-order valence-electron chi connectivity index (χ0n) is 43.8. The van der Waals surface area contributed by atoms with Crippen molar-refractivity contribution in [1.29, 1.82) is 0 Å². The van der Waals surface area contributed by atoms with Crippen LogP contribution in [0.4, 0.5) is 0 Å². The predicted molar refractivity (Wildman–Crippen MR) is 292 cm³/mol. The third kappa shape index (κ3) is 32.8. The first-order valence-electron chi connectivity index (χ1n) is 23.7. The molecule has 0 spiro atoms. The first kappa shape index (κ1) is 60.3. The number of rotatable bonds is 24. The molecule has 0 bridgehead atoms. The molecule has 0 fully saturated rings. The summed E-state index contributed by atoms with van der Waals surface area (Å²) in [6.45, 7) is 68.6. The van der Waals surface area contributed by atoms with Crippen molar-refractivity contribution in [2.45, 2.75) is 287 Å². The summed E-state index contributed by atoms with van der Waals surface area (Å²) < 4.78 is 0. The zero-order valence-corrected chi connectivity index (χ0v) is 52.8. The average Bonchev–Trinajstić information content (AvgIpc) is 2.98. The van der Waals surface area contributed by atoms with Gasteiger partial charge in [-0.1, -0.05) is 271 Å². The fourth-order valence-electron chi connectivity index (χ4n) is 7.35. The van der Waals surface area contributed by atoms with E-state index in [2.05, 4.69) is 179 Å². The molecule has 0 saturated heterocycles. The van der Waals surface area contributed by atoms with E-state index in [0.717, 1.165) is 16.6 Å². The number of hydrogen-bond donors (Lipinski definition) is 0. The van der Waals surface area contributed by atoms with Crippen LogP contribution in [0.15, 0.2) is 0 Å². The minimum atomic E-state index is -1.12. The standard InChI is InChI=1S/C19H48Si4.C15H38Si3.C11H28Si2/c1-12-19(2)23(16-13-20(3,4)5,17-14-21(6,7)8)18-15-22(9,10)11;1-10-15(2)18(9,13-11-16(3,4)5)14-12-17(6,7)8;1-8-11(2)13(6,7)10-9-12(3,4)5/h19H,12-18H2,1-11H3;15H,10-14H2,1-9H3;11H,8-10H2,1-7H3. The van der Waals surface area contributed by atoms with Crippen molar-refractivity contribution in [3.8, 4) is 0 Å². The van der Waals surface area contributed by atoms with E-state index in [0.29, 0.717) is 0 Å². The summed E-state index contributed by atoms with van der Waals surface area (Å²) in [4.78, 5) is 0. The third-order valence-corrected chi connectivity index (χ3v) is 43.9. The molecule has 0 heterocycles. The molecule has 0 amide bonds. The van der Waals surface area contributed by atoms with Gasteiger partial charge < -0.3 is 0 Å². The van der Waals surface area contributed by atoms with Gasteiger partial charge in [-0.25, -0.2) is 0 Å². The quantitative estimate of drug-likeness (QED) is 0.0847. The summed E-state index contributed by atoms with van der Waals surface area (Å²) in [7, 11) is -8.26. The van der Waals surface area contributed by atoms with E-state index in [9.17, 15) is 0 Å². The predicted octanol–water partition coefficient (Wildman–Crippen LogP) is 19.6. The molecule has 330 valence electrons. The van der Waals surface area contributed by atoms with Crippen LogP contribution in [0.1, 0.15) is 60.8 Å². The molecule has 0 aromatic rings. The zero-order chi connectivity index (χ0) is 43.8. The van der Waals surface area contributed by atoms with Gasteiger partial charge in [-0.3, -0.25) is 0 Å². The third-order valence-electron chi connectivity index (χ3n) is 13.9. The molecule has 54 heavy (non-hydrogen) atoms. The molecule has 3 atom stereocenters. The fraction of sp³-hybridized carbons (Fsp3) is 1.00. The maximum Gasteiger partial charge on any atom is 0.0555 e. The maximum absolute atomic E-state index is 2.71. The summed E-state index contributed by atoms with van der Waals surface area (Å²) in [6, 6.07) is 19.1. The Morgan fingerprint density at radius 2 is 0.481 bits per heavy atom. The van der Waals surface area contributed by atoms with Gasteiger partial charge >= 0.3 is 0 Å². The first-order valence-corrected chi connectivity index (χ1v) is 54.9. The highest BCUT2D eigenvalue weighted by atomic mass is 28.3. The van der Waals surface area contributed by atoms with E-state index in [1.807, 2.05) is 0 Å². The molecule has 0 aliphatic heterocycles. The molecule has 0 N–H and O–H groups in total. The molecule has 0 saturated carbocycles. The topological polar surface area (TPSA) is 0 Å². The second-order valence-electron chi connectivity index (χ2n) is 27.3. The van der Waals surface area contributed by atoms with Gasteiger partial charge in [0.05, 0.1) is 16.1 Å². The van der Waals surface area contributed by atoms with Crippen molar-refractivity contribution in [3.63, 3.8) is 0 Å². The molecular weight excluding hydrogens is 793 g/mol. The molecule has 0 aliphatic carbocycles. The molecule has 0 aromatic heterocycles.